The molecule has 1 atom stereocenters. The Bertz CT molecular complexity index is 519. The zero-order valence-electron chi connectivity index (χ0n) is 12.9. The topological polar surface area (TPSA) is 32.3 Å². The number of aliphatic hydroxyl groups is 1. The summed E-state index contributed by atoms with van der Waals surface area (Å²) in [7, 11) is 0. The molecule has 0 aliphatic carbocycles. The van der Waals surface area contributed by atoms with Crippen LogP contribution >= 0.6 is 0 Å². The Hall–Kier alpha value is -1.80. The van der Waals surface area contributed by atoms with Gasteiger partial charge in [-0.3, -0.25) is 0 Å². The van der Waals surface area contributed by atoms with Gasteiger partial charge in [0.1, 0.15) is 0 Å². The number of aliphatic hydroxyl groups excluding tert-OH is 1. The van der Waals surface area contributed by atoms with Gasteiger partial charge in [-0.25, -0.2) is 0 Å². The van der Waals surface area contributed by atoms with Crippen molar-refractivity contribution in [1.82, 2.24) is 0 Å². The monoisotopic (exact) mass is 283 g/mol. The number of rotatable bonds is 7. The third kappa shape index (κ3) is 5.24. The lowest BCUT2D eigenvalue weighted by atomic mass is 10.0. The van der Waals surface area contributed by atoms with Crippen molar-refractivity contribution >= 4 is 5.69 Å². The maximum absolute atomic E-state index is 10.1. The molecule has 1 unspecified atom stereocenters. The maximum Gasteiger partial charge on any atom is 0.0962 e. The van der Waals surface area contributed by atoms with Crippen molar-refractivity contribution in [3.63, 3.8) is 0 Å². The minimum atomic E-state index is -0.480. The summed E-state index contributed by atoms with van der Waals surface area (Å²) in [6.45, 7) is 5.02. The minimum absolute atomic E-state index is 0.480. The summed E-state index contributed by atoms with van der Waals surface area (Å²) in [5.41, 5.74) is 3.37. The second-order valence-corrected chi connectivity index (χ2v) is 5.94. The van der Waals surface area contributed by atoms with E-state index in [1.807, 2.05) is 30.3 Å². The van der Waals surface area contributed by atoms with Crippen LogP contribution in [-0.2, 0) is 6.42 Å². The molecular weight excluding hydrogens is 258 g/mol. The average molecular weight is 283 g/mol. The van der Waals surface area contributed by atoms with Crippen molar-refractivity contribution in [1.29, 1.82) is 0 Å². The fourth-order valence-corrected chi connectivity index (χ4v) is 2.25. The molecule has 0 heterocycles. The van der Waals surface area contributed by atoms with Gasteiger partial charge >= 0.3 is 0 Å². The van der Waals surface area contributed by atoms with Crippen LogP contribution < -0.4 is 5.32 Å². The lowest BCUT2D eigenvalue weighted by Crippen LogP contribution is -2.11. The van der Waals surface area contributed by atoms with E-state index in [1.54, 1.807) is 0 Å². The molecule has 0 bridgehead atoms. The Morgan fingerprint density at radius 3 is 2.24 bits per heavy atom. The highest BCUT2D eigenvalue weighted by atomic mass is 16.3. The SMILES string of the molecule is CC(C)CCc1ccc(NCC(O)c2ccccc2)cc1. The minimum Gasteiger partial charge on any atom is -0.387 e. The normalized spacial score (nSPS) is 12.4. The molecule has 2 aromatic carbocycles. The van der Waals surface area contributed by atoms with Crippen molar-refractivity contribution in [2.75, 3.05) is 11.9 Å². The van der Waals surface area contributed by atoms with E-state index in [0.717, 1.165) is 23.6 Å². The summed E-state index contributed by atoms with van der Waals surface area (Å²) in [5.74, 6) is 0.740. The average Bonchev–Trinajstić information content (AvgIpc) is 2.52. The molecule has 0 spiro atoms. The molecule has 2 rings (SSSR count). The first-order chi connectivity index (χ1) is 10.1. The van der Waals surface area contributed by atoms with Crippen molar-refractivity contribution in [2.45, 2.75) is 32.8 Å². The van der Waals surface area contributed by atoms with Crippen molar-refractivity contribution in [3.8, 4) is 0 Å². The molecular formula is C19H25NO. The molecule has 0 aliphatic heterocycles. The largest absolute Gasteiger partial charge is 0.387 e. The fraction of sp³-hybridized carbons (Fsp3) is 0.368. The molecule has 2 aromatic rings. The van der Waals surface area contributed by atoms with Crippen molar-refractivity contribution < 1.29 is 5.11 Å². The molecule has 2 nitrogen and oxygen atoms in total. The number of anilines is 1. The molecule has 0 amide bonds. The van der Waals surface area contributed by atoms with E-state index in [-0.39, 0.29) is 0 Å². The molecule has 21 heavy (non-hydrogen) atoms. The van der Waals surface area contributed by atoms with Gasteiger partial charge in [-0.2, -0.15) is 0 Å². The highest BCUT2D eigenvalue weighted by molar-refractivity contribution is 5.45. The number of aryl methyl sites for hydroxylation is 1. The Kier molecular flexibility index (Phi) is 5.82. The van der Waals surface area contributed by atoms with E-state index in [2.05, 4.69) is 43.4 Å². The quantitative estimate of drug-likeness (QED) is 0.788. The van der Waals surface area contributed by atoms with Crippen LogP contribution in [-0.4, -0.2) is 11.7 Å². The molecule has 2 N–H and O–H groups in total. The molecule has 0 saturated heterocycles. The Balaban J connectivity index is 1.83. The Morgan fingerprint density at radius 2 is 1.62 bits per heavy atom. The number of nitrogens with one attached hydrogen (secondary N) is 1. The van der Waals surface area contributed by atoms with Gasteiger partial charge in [-0.05, 0) is 42.0 Å². The third-order valence-electron chi connectivity index (χ3n) is 3.65. The second kappa shape index (κ2) is 7.84. The molecule has 0 saturated carbocycles. The zero-order valence-corrected chi connectivity index (χ0v) is 12.9. The lowest BCUT2D eigenvalue weighted by molar-refractivity contribution is 0.191. The number of benzene rings is 2. The van der Waals surface area contributed by atoms with E-state index < -0.39 is 6.10 Å². The smallest absolute Gasteiger partial charge is 0.0962 e. The first kappa shape index (κ1) is 15.6. The van der Waals surface area contributed by atoms with Crippen LogP contribution in [0.5, 0.6) is 0 Å². The van der Waals surface area contributed by atoms with Crippen LogP contribution in [0.4, 0.5) is 5.69 Å². The van der Waals surface area contributed by atoms with Crippen LogP contribution in [0, 0.1) is 5.92 Å². The van der Waals surface area contributed by atoms with Gasteiger partial charge in [0.25, 0.3) is 0 Å². The van der Waals surface area contributed by atoms with Gasteiger partial charge < -0.3 is 10.4 Å². The standard InChI is InChI=1S/C19H25NO/c1-15(2)8-9-16-10-12-18(13-11-16)20-14-19(21)17-6-4-3-5-7-17/h3-7,10-13,15,19-21H,8-9,14H2,1-2H3. The fourth-order valence-electron chi connectivity index (χ4n) is 2.25. The second-order valence-electron chi connectivity index (χ2n) is 5.94. The first-order valence-corrected chi connectivity index (χ1v) is 7.71. The van der Waals surface area contributed by atoms with Gasteiger partial charge in [0, 0.05) is 12.2 Å². The highest BCUT2D eigenvalue weighted by Crippen LogP contribution is 2.16. The van der Waals surface area contributed by atoms with Gasteiger partial charge in [0.05, 0.1) is 6.10 Å². The summed E-state index contributed by atoms with van der Waals surface area (Å²) in [6.07, 6.45) is 1.87. The van der Waals surface area contributed by atoms with Crippen molar-refractivity contribution in [3.05, 3.63) is 65.7 Å². The predicted octanol–water partition coefficient (Wildman–Crippen LogP) is 4.42. The summed E-state index contributed by atoms with van der Waals surface area (Å²) in [4.78, 5) is 0. The molecule has 0 aromatic heterocycles. The summed E-state index contributed by atoms with van der Waals surface area (Å²) in [5, 5.41) is 13.4. The van der Waals surface area contributed by atoms with Gasteiger partial charge in [-0.15, -0.1) is 0 Å². The van der Waals surface area contributed by atoms with E-state index in [0.29, 0.717) is 6.54 Å². The first-order valence-electron chi connectivity index (χ1n) is 7.71. The van der Waals surface area contributed by atoms with Crippen LogP contribution in [0.3, 0.4) is 0 Å². The van der Waals surface area contributed by atoms with Gasteiger partial charge in [-0.1, -0.05) is 56.3 Å². The van der Waals surface area contributed by atoms with Crippen LogP contribution in [0.25, 0.3) is 0 Å². The molecule has 0 radical (unpaired) electrons. The van der Waals surface area contributed by atoms with E-state index >= 15 is 0 Å². The summed E-state index contributed by atoms with van der Waals surface area (Å²) in [6, 6.07) is 18.3. The van der Waals surface area contributed by atoms with E-state index in [4.69, 9.17) is 0 Å². The Morgan fingerprint density at radius 1 is 0.952 bits per heavy atom. The van der Waals surface area contributed by atoms with Crippen LogP contribution in [0.1, 0.15) is 37.5 Å². The molecule has 2 heteroatoms. The molecule has 0 fully saturated rings. The van der Waals surface area contributed by atoms with E-state index in [1.165, 1.54) is 12.0 Å². The Labute approximate surface area is 127 Å². The third-order valence-corrected chi connectivity index (χ3v) is 3.65. The van der Waals surface area contributed by atoms with Gasteiger partial charge in [0.2, 0.25) is 0 Å². The number of hydrogen-bond acceptors (Lipinski definition) is 2. The van der Waals surface area contributed by atoms with Gasteiger partial charge in [0.15, 0.2) is 0 Å². The predicted molar refractivity (Wildman–Crippen MR) is 89.5 cm³/mol. The molecule has 0 aliphatic rings. The van der Waals surface area contributed by atoms with Crippen LogP contribution in [0.15, 0.2) is 54.6 Å². The van der Waals surface area contributed by atoms with Crippen LogP contribution in [0.2, 0.25) is 0 Å². The van der Waals surface area contributed by atoms with E-state index in [9.17, 15) is 5.11 Å². The zero-order chi connectivity index (χ0) is 15.1. The van der Waals surface area contributed by atoms with Crippen molar-refractivity contribution in [2.24, 2.45) is 5.92 Å². The number of hydrogen-bond donors (Lipinski definition) is 2. The highest BCUT2D eigenvalue weighted by Gasteiger charge is 2.06. The maximum atomic E-state index is 10.1. The summed E-state index contributed by atoms with van der Waals surface area (Å²) < 4.78 is 0. The summed E-state index contributed by atoms with van der Waals surface area (Å²) >= 11 is 0. The molecule has 112 valence electrons. The lowest BCUT2D eigenvalue weighted by Gasteiger charge is -2.13.